The normalized spacial score (nSPS) is 11.8. The van der Waals surface area contributed by atoms with Crippen molar-refractivity contribution in [2.45, 2.75) is 11.4 Å². The van der Waals surface area contributed by atoms with Gasteiger partial charge in [0.25, 0.3) is 0 Å². The lowest BCUT2D eigenvalue weighted by Crippen LogP contribution is -2.26. The van der Waals surface area contributed by atoms with Crippen molar-refractivity contribution in [3.05, 3.63) is 53.8 Å². The highest BCUT2D eigenvalue weighted by Gasteiger charge is 2.22. The summed E-state index contributed by atoms with van der Waals surface area (Å²) in [5.74, 6) is -0.668. The molecule has 2 aromatic rings. The van der Waals surface area contributed by atoms with Gasteiger partial charge in [-0.15, -0.1) is 0 Å². The molecule has 0 saturated carbocycles. The SMILES string of the molecule is CN(Cc1ccc(O)cc1)S(=O)(=O)c1ccc(N)c(F)c1. The Morgan fingerprint density at radius 1 is 1.19 bits per heavy atom. The van der Waals surface area contributed by atoms with Gasteiger partial charge in [-0.2, -0.15) is 4.31 Å². The second-order valence-electron chi connectivity index (χ2n) is 4.61. The van der Waals surface area contributed by atoms with E-state index >= 15 is 0 Å². The maximum atomic E-state index is 13.4. The number of halogens is 1. The molecule has 0 heterocycles. The van der Waals surface area contributed by atoms with Gasteiger partial charge in [0.15, 0.2) is 0 Å². The van der Waals surface area contributed by atoms with E-state index in [4.69, 9.17) is 5.73 Å². The molecule has 0 saturated heterocycles. The van der Waals surface area contributed by atoms with Crippen molar-refractivity contribution >= 4 is 15.7 Å². The van der Waals surface area contributed by atoms with Crippen molar-refractivity contribution in [3.8, 4) is 5.75 Å². The van der Waals surface area contributed by atoms with E-state index < -0.39 is 15.8 Å². The summed E-state index contributed by atoms with van der Waals surface area (Å²) in [7, 11) is -2.41. The second-order valence-corrected chi connectivity index (χ2v) is 6.66. The molecule has 7 heteroatoms. The van der Waals surface area contributed by atoms with Gasteiger partial charge < -0.3 is 10.8 Å². The molecule has 0 bridgehead atoms. The fourth-order valence-electron chi connectivity index (χ4n) is 1.79. The predicted molar refractivity (Wildman–Crippen MR) is 77.6 cm³/mol. The van der Waals surface area contributed by atoms with E-state index in [0.717, 1.165) is 10.4 Å². The van der Waals surface area contributed by atoms with Crippen molar-refractivity contribution in [3.63, 3.8) is 0 Å². The largest absolute Gasteiger partial charge is 0.508 e. The van der Waals surface area contributed by atoms with E-state index in [9.17, 15) is 17.9 Å². The molecule has 0 aliphatic rings. The fraction of sp³-hybridized carbons (Fsp3) is 0.143. The number of rotatable bonds is 4. The zero-order chi connectivity index (χ0) is 15.6. The van der Waals surface area contributed by atoms with E-state index in [1.165, 1.54) is 31.3 Å². The van der Waals surface area contributed by atoms with Crippen LogP contribution >= 0.6 is 0 Å². The molecule has 5 nitrogen and oxygen atoms in total. The van der Waals surface area contributed by atoms with Gasteiger partial charge in [0.05, 0.1) is 10.6 Å². The molecule has 0 radical (unpaired) electrons. The Labute approximate surface area is 122 Å². The van der Waals surface area contributed by atoms with Crippen molar-refractivity contribution in [2.75, 3.05) is 12.8 Å². The molecule has 0 atom stereocenters. The van der Waals surface area contributed by atoms with E-state index in [1.807, 2.05) is 0 Å². The molecular weight excluding hydrogens is 295 g/mol. The van der Waals surface area contributed by atoms with Crippen LogP contribution in [0.2, 0.25) is 0 Å². The lowest BCUT2D eigenvalue weighted by molar-refractivity contribution is 0.463. The first kappa shape index (κ1) is 15.3. The molecule has 0 aliphatic carbocycles. The van der Waals surface area contributed by atoms with E-state index in [2.05, 4.69) is 0 Å². The number of hydrogen-bond acceptors (Lipinski definition) is 4. The van der Waals surface area contributed by atoms with Crippen molar-refractivity contribution in [1.29, 1.82) is 0 Å². The first-order valence-electron chi connectivity index (χ1n) is 6.10. The minimum absolute atomic E-state index is 0.102. The molecular formula is C14H15FN2O3S. The van der Waals surface area contributed by atoms with Gasteiger partial charge in [-0.25, -0.2) is 12.8 Å². The lowest BCUT2D eigenvalue weighted by Gasteiger charge is -2.17. The van der Waals surface area contributed by atoms with Gasteiger partial charge in [0.2, 0.25) is 10.0 Å². The third-order valence-electron chi connectivity index (χ3n) is 3.02. The second kappa shape index (κ2) is 5.71. The maximum absolute atomic E-state index is 13.4. The summed E-state index contributed by atoms with van der Waals surface area (Å²) in [5.41, 5.74) is 5.94. The average Bonchev–Trinajstić information content (AvgIpc) is 2.44. The number of hydrogen-bond donors (Lipinski definition) is 2. The van der Waals surface area contributed by atoms with E-state index in [1.54, 1.807) is 12.1 Å². The Balaban J connectivity index is 2.25. The number of benzene rings is 2. The topological polar surface area (TPSA) is 83.6 Å². The number of nitrogens with zero attached hydrogens (tertiary/aromatic N) is 1. The van der Waals surface area contributed by atoms with E-state index in [-0.39, 0.29) is 22.9 Å². The lowest BCUT2D eigenvalue weighted by atomic mass is 10.2. The summed E-state index contributed by atoms with van der Waals surface area (Å²) in [4.78, 5) is -0.157. The van der Waals surface area contributed by atoms with Gasteiger partial charge in [-0.1, -0.05) is 12.1 Å². The molecule has 0 unspecified atom stereocenters. The van der Waals surface area contributed by atoms with Crippen LogP contribution in [0.1, 0.15) is 5.56 Å². The molecule has 2 rings (SSSR count). The molecule has 0 amide bonds. The highest BCUT2D eigenvalue weighted by Crippen LogP contribution is 2.21. The van der Waals surface area contributed by atoms with Crippen LogP contribution in [0.25, 0.3) is 0 Å². The molecule has 2 aromatic carbocycles. The fourth-order valence-corrected chi connectivity index (χ4v) is 2.96. The quantitative estimate of drug-likeness (QED) is 0.845. The van der Waals surface area contributed by atoms with Crippen molar-refractivity contribution in [2.24, 2.45) is 0 Å². The van der Waals surface area contributed by atoms with Crippen LogP contribution < -0.4 is 5.73 Å². The molecule has 112 valence electrons. The predicted octanol–water partition coefficient (Wildman–Crippen LogP) is 1.93. The zero-order valence-corrected chi connectivity index (χ0v) is 12.1. The van der Waals surface area contributed by atoms with Gasteiger partial charge in [-0.05, 0) is 35.9 Å². The molecule has 0 fully saturated rings. The third-order valence-corrected chi connectivity index (χ3v) is 4.82. The number of phenolic OH excluding ortho intramolecular Hbond substituents is 1. The van der Waals surface area contributed by atoms with Crippen LogP contribution in [0.15, 0.2) is 47.4 Å². The van der Waals surface area contributed by atoms with Crippen molar-refractivity contribution < 1.29 is 17.9 Å². The summed E-state index contributed by atoms with van der Waals surface area (Å²) in [6.45, 7) is 0.106. The number of anilines is 1. The maximum Gasteiger partial charge on any atom is 0.243 e. The monoisotopic (exact) mass is 310 g/mol. The molecule has 0 aromatic heterocycles. The highest BCUT2D eigenvalue weighted by molar-refractivity contribution is 7.89. The Morgan fingerprint density at radius 3 is 2.38 bits per heavy atom. The van der Waals surface area contributed by atoms with Crippen LogP contribution in [-0.4, -0.2) is 24.9 Å². The number of nitrogens with two attached hydrogens (primary N) is 1. The Bertz CT molecular complexity index is 745. The van der Waals surface area contributed by atoms with Crippen LogP contribution in [0.3, 0.4) is 0 Å². The third kappa shape index (κ3) is 3.32. The molecule has 3 N–H and O–H groups in total. The summed E-state index contributed by atoms with van der Waals surface area (Å²) in [6, 6.07) is 9.56. The summed E-state index contributed by atoms with van der Waals surface area (Å²) in [6.07, 6.45) is 0. The molecule has 21 heavy (non-hydrogen) atoms. The Hall–Kier alpha value is -2.12. The summed E-state index contributed by atoms with van der Waals surface area (Å²) in [5, 5.41) is 9.20. The first-order valence-corrected chi connectivity index (χ1v) is 7.54. The Morgan fingerprint density at radius 2 is 1.81 bits per heavy atom. The van der Waals surface area contributed by atoms with Crippen LogP contribution in [0, 0.1) is 5.82 Å². The van der Waals surface area contributed by atoms with Gasteiger partial charge in [0.1, 0.15) is 11.6 Å². The first-order chi connectivity index (χ1) is 9.80. The number of sulfonamides is 1. The van der Waals surface area contributed by atoms with Crippen LogP contribution in [0.5, 0.6) is 5.75 Å². The zero-order valence-electron chi connectivity index (χ0n) is 11.3. The van der Waals surface area contributed by atoms with Crippen molar-refractivity contribution in [1.82, 2.24) is 4.31 Å². The smallest absolute Gasteiger partial charge is 0.243 e. The summed E-state index contributed by atoms with van der Waals surface area (Å²) >= 11 is 0. The summed E-state index contributed by atoms with van der Waals surface area (Å²) < 4.78 is 39.2. The standard InChI is InChI=1S/C14H15FN2O3S/c1-17(9-10-2-4-11(18)5-3-10)21(19,20)12-6-7-14(16)13(15)8-12/h2-8,18H,9,16H2,1H3. The number of nitrogen functional groups attached to an aromatic ring is 1. The molecule has 0 spiro atoms. The Kier molecular flexibility index (Phi) is 4.15. The number of aromatic hydroxyl groups is 1. The highest BCUT2D eigenvalue weighted by atomic mass is 32.2. The molecule has 0 aliphatic heterocycles. The van der Waals surface area contributed by atoms with Crippen LogP contribution in [-0.2, 0) is 16.6 Å². The minimum Gasteiger partial charge on any atom is -0.508 e. The van der Waals surface area contributed by atoms with Gasteiger partial charge >= 0.3 is 0 Å². The van der Waals surface area contributed by atoms with E-state index in [0.29, 0.717) is 5.56 Å². The number of phenols is 1. The van der Waals surface area contributed by atoms with Crippen LogP contribution in [0.4, 0.5) is 10.1 Å². The average molecular weight is 310 g/mol. The van der Waals surface area contributed by atoms with Gasteiger partial charge in [0, 0.05) is 13.6 Å². The van der Waals surface area contributed by atoms with Gasteiger partial charge in [-0.3, -0.25) is 0 Å². The minimum atomic E-state index is -3.81.